The van der Waals surface area contributed by atoms with Gasteiger partial charge in [0.05, 0.1) is 0 Å². The molecule has 5 heteroatoms. The standard InChI is InChI=1S/C9H11BrN2O2/c1-6(10)5-11-9(14)7-3-2-4-8(13)12-7/h2-4,6H,5H2,1H3,(H,11,14)(H,12,13). The van der Waals surface area contributed by atoms with Gasteiger partial charge in [-0.25, -0.2) is 0 Å². The van der Waals surface area contributed by atoms with Crippen molar-refractivity contribution in [2.24, 2.45) is 0 Å². The highest BCUT2D eigenvalue weighted by Crippen LogP contribution is 1.95. The van der Waals surface area contributed by atoms with Crippen molar-refractivity contribution in [3.8, 4) is 0 Å². The molecule has 0 aliphatic heterocycles. The van der Waals surface area contributed by atoms with Crippen LogP contribution in [0.3, 0.4) is 0 Å². The fourth-order valence-corrected chi connectivity index (χ4v) is 1.07. The van der Waals surface area contributed by atoms with Crippen LogP contribution >= 0.6 is 15.9 Å². The van der Waals surface area contributed by atoms with Gasteiger partial charge in [-0.05, 0) is 6.07 Å². The fraction of sp³-hybridized carbons (Fsp3) is 0.333. The Morgan fingerprint density at radius 1 is 1.64 bits per heavy atom. The summed E-state index contributed by atoms with van der Waals surface area (Å²) >= 11 is 3.30. The summed E-state index contributed by atoms with van der Waals surface area (Å²) in [6.07, 6.45) is 0. The molecule has 1 atom stereocenters. The van der Waals surface area contributed by atoms with Gasteiger partial charge in [0.15, 0.2) is 0 Å². The Kier molecular flexibility index (Phi) is 3.88. The number of amides is 1. The molecule has 1 rings (SSSR count). The molecule has 0 aromatic carbocycles. The van der Waals surface area contributed by atoms with Gasteiger partial charge in [0, 0.05) is 17.4 Å². The maximum Gasteiger partial charge on any atom is 0.267 e. The summed E-state index contributed by atoms with van der Waals surface area (Å²) < 4.78 is 0. The van der Waals surface area contributed by atoms with E-state index in [1.165, 1.54) is 6.07 Å². The number of alkyl halides is 1. The average molecular weight is 259 g/mol. The molecular formula is C9H11BrN2O2. The molecule has 0 radical (unpaired) electrons. The van der Waals surface area contributed by atoms with Gasteiger partial charge in [-0.2, -0.15) is 0 Å². The number of rotatable bonds is 3. The van der Waals surface area contributed by atoms with Crippen molar-refractivity contribution in [1.29, 1.82) is 0 Å². The summed E-state index contributed by atoms with van der Waals surface area (Å²) in [5.41, 5.74) is 0.00944. The third kappa shape index (κ3) is 3.33. The van der Waals surface area contributed by atoms with Gasteiger partial charge in [-0.15, -0.1) is 0 Å². The molecule has 76 valence electrons. The quantitative estimate of drug-likeness (QED) is 0.792. The van der Waals surface area contributed by atoms with Gasteiger partial charge in [0.2, 0.25) is 5.56 Å². The van der Waals surface area contributed by atoms with E-state index in [0.717, 1.165) is 0 Å². The number of aromatic nitrogens is 1. The number of halogens is 1. The van der Waals surface area contributed by atoms with Crippen LogP contribution in [0.15, 0.2) is 23.0 Å². The van der Waals surface area contributed by atoms with Crippen molar-refractivity contribution in [2.45, 2.75) is 11.8 Å². The summed E-state index contributed by atoms with van der Waals surface area (Å²) in [6, 6.07) is 4.48. The minimum Gasteiger partial charge on any atom is -0.350 e. The molecule has 1 aromatic heterocycles. The second-order valence-corrected chi connectivity index (χ2v) is 4.48. The molecule has 4 nitrogen and oxygen atoms in total. The molecule has 0 aliphatic carbocycles. The van der Waals surface area contributed by atoms with Crippen molar-refractivity contribution >= 4 is 21.8 Å². The Bertz CT molecular complexity index is 373. The summed E-state index contributed by atoms with van der Waals surface area (Å²) in [4.78, 5) is 24.9. The zero-order chi connectivity index (χ0) is 10.6. The number of hydrogen-bond donors (Lipinski definition) is 2. The first-order chi connectivity index (χ1) is 6.59. The summed E-state index contributed by atoms with van der Waals surface area (Å²) in [6.45, 7) is 2.45. The third-order valence-electron chi connectivity index (χ3n) is 1.56. The van der Waals surface area contributed by atoms with E-state index in [4.69, 9.17) is 0 Å². The van der Waals surface area contributed by atoms with E-state index in [1.807, 2.05) is 6.92 Å². The first-order valence-electron chi connectivity index (χ1n) is 4.21. The number of carbonyl (C=O) groups excluding carboxylic acids is 1. The smallest absolute Gasteiger partial charge is 0.267 e. The zero-order valence-electron chi connectivity index (χ0n) is 7.71. The maximum absolute atomic E-state index is 11.4. The molecule has 1 unspecified atom stereocenters. The first kappa shape index (κ1) is 11.0. The Morgan fingerprint density at radius 2 is 2.36 bits per heavy atom. The lowest BCUT2D eigenvalue weighted by molar-refractivity contribution is 0.0949. The zero-order valence-corrected chi connectivity index (χ0v) is 9.30. The average Bonchev–Trinajstić information content (AvgIpc) is 2.14. The second kappa shape index (κ2) is 4.95. The van der Waals surface area contributed by atoms with Crippen LogP contribution < -0.4 is 10.9 Å². The SMILES string of the molecule is CC(Br)CNC(=O)c1cccc(=O)[nH]1. The normalized spacial score (nSPS) is 12.1. The highest BCUT2D eigenvalue weighted by molar-refractivity contribution is 9.09. The Balaban J connectivity index is 2.65. The molecule has 0 aliphatic rings. The van der Waals surface area contributed by atoms with Crippen LogP contribution in [-0.4, -0.2) is 22.3 Å². The van der Waals surface area contributed by atoms with Crippen molar-refractivity contribution in [2.75, 3.05) is 6.54 Å². The fourth-order valence-electron chi connectivity index (χ4n) is 0.909. The summed E-state index contributed by atoms with van der Waals surface area (Å²) in [5.74, 6) is -0.269. The molecule has 0 saturated carbocycles. The molecule has 2 N–H and O–H groups in total. The van der Waals surface area contributed by atoms with Crippen LogP contribution in [0, 0.1) is 0 Å². The predicted molar refractivity (Wildman–Crippen MR) is 57.8 cm³/mol. The van der Waals surface area contributed by atoms with E-state index < -0.39 is 0 Å². The molecule has 0 spiro atoms. The number of nitrogens with one attached hydrogen (secondary N) is 2. The van der Waals surface area contributed by atoms with E-state index in [0.29, 0.717) is 6.54 Å². The Labute approximate surface area is 89.9 Å². The van der Waals surface area contributed by atoms with E-state index >= 15 is 0 Å². The Hall–Kier alpha value is -1.10. The lowest BCUT2D eigenvalue weighted by Crippen LogP contribution is -2.30. The van der Waals surface area contributed by atoms with Crippen molar-refractivity contribution in [1.82, 2.24) is 10.3 Å². The lowest BCUT2D eigenvalue weighted by atomic mass is 10.3. The maximum atomic E-state index is 11.4. The van der Waals surface area contributed by atoms with Gasteiger partial charge >= 0.3 is 0 Å². The number of carbonyl (C=O) groups is 1. The van der Waals surface area contributed by atoms with Crippen LogP contribution in [0.5, 0.6) is 0 Å². The van der Waals surface area contributed by atoms with Gasteiger partial charge in [0.25, 0.3) is 5.91 Å². The first-order valence-corrected chi connectivity index (χ1v) is 5.13. The van der Waals surface area contributed by atoms with Crippen molar-refractivity contribution in [3.05, 3.63) is 34.2 Å². The molecule has 0 saturated heterocycles. The van der Waals surface area contributed by atoms with Gasteiger partial charge < -0.3 is 10.3 Å². The van der Waals surface area contributed by atoms with E-state index in [2.05, 4.69) is 26.2 Å². The van der Waals surface area contributed by atoms with Crippen LogP contribution in [0.2, 0.25) is 0 Å². The number of pyridine rings is 1. The van der Waals surface area contributed by atoms with Gasteiger partial charge in [-0.3, -0.25) is 9.59 Å². The molecule has 14 heavy (non-hydrogen) atoms. The lowest BCUT2D eigenvalue weighted by Gasteiger charge is -2.05. The number of H-pyrrole nitrogens is 1. The number of hydrogen-bond acceptors (Lipinski definition) is 2. The minimum absolute atomic E-state index is 0.210. The van der Waals surface area contributed by atoms with Crippen LogP contribution in [0.4, 0.5) is 0 Å². The summed E-state index contributed by atoms with van der Waals surface area (Å²) in [5, 5.41) is 2.67. The molecule has 1 heterocycles. The highest BCUT2D eigenvalue weighted by atomic mass is 79.9. The largest absolute Gasteiger partial charge is 0.350 e. The van der Waals surface area contributed by atoms with E-state index in [1.54, 1.807) is 12.1 Å². The molecule has 0 fully saturated rings. The van der Waals surface area contributed by atoms with Crippen LogP contribution in [0.25, 0.3) is 0 Å². The van der Waals surface area contributed by atoms with Crippen molar-refractivity contribution < 1.29 is 4.79 Å². The minimum atomic E-state index is -0.274. The second-order valence-electron chi connectivity index (χ2n) is 2.92. The molecule has 0 bridgehead atoms. The van der Waals surface area contributed by atoms with Gasteiger partial charge in [-0.1, -0.05) is 28.9 Å². The van der Waals surface area contributed by atoms with Crippen LogP contribution in [0.1, 0.15) is 17.4 Å². The third-order valence-corrected chi connectivity index (χ3v) is 1.88. The summed E-state index contributed by atoms with van der Waals surface area (Å²) in [7, 11) is 0. The topological polar surface area (TPSA) is 62.0 Å². The van der Waals surface area contributed by atoms with E-state index in [-0.39, 0.29) is 22.0 Å². The molecule has 1 aromatic rings. The number of aromatic amines is 1. The van der Waals surface area contributed by atoms with Crippen molar-refractivity contribution in [3.63, 3.8) is 0 Å². The van der Waals surface area contributed by atoms with Gasteiger partial charge in [0.1, 0.15) is 5.69 Å². The van der Waals surface area contributed by atoms with Crippen LogP contribution in [-0.2, 0) is 0 Å². The Morgan fingerprint density at radius 3 is 2.93 bits per heavy atom. The monoisotopic (exact) mass is 258 g/mol. The molecular weight excluding hydrogens is 248 g/mol. The predicted octanol–water partition coefficient (Wildman–Crippen LogP) is 0.888. The highest BCUT2D eigenvalue weighted by Gasteiger charge is 2.05. The molecule has 1 amide bonds. The van der Waals surface area contributed by atoms with E-state index in [9.17, 15) is 9.59 Å².